The lowest BCUT2D eigenvalue weighted by molar-refractivity contribution is -0.0309. The minimum Gasteiger partial charge on any atom is -0.388 e. The first-order valence-electron chi connectivity index (χ1n) is 7.03. The second-order valence-electron chi connectivity index (χ2n) is 6.04. The quantitative estimate of drug-likeness (QED) is 0.832. The van der Waals surface area contributed by atoms with Crippen LogP contribution in [0.1, 0.15) is 53.3 Å². The molecule has 1 N–H and O–H groups in total. The molecule has 1 aliphatic carbocycles. The monoisotopic (exact) mass is 274 g/mol. The number of amides is 2. The second-order valence-corrected chi connectivity index (χ2v) is 6.04. The Balaban J connectivity index is 1.83. The maximum Gasteiger partial charge on any atom is 0.263 e. The molecule has 1 fully saturated rings. The second kappa shape index (κ2) is 4.66. The number of imide groups is 1. The van der Waals surface area contributed by atoms with Crippen molar-refractivity contribution in [1.29, 1.82) is 0 Å². The fourth-order valence-corrected chi connectivity index (χ4v) is 3.35. The first-order valence-corrected chi connectivity index (χ1v) is 7.03. The fraction of sp³-hybridized carbons (Fsp3) is 0.533. The molecule has 20 heavy (non-hydrogen) atoms. The highest BCUT2D eigenvalue weighted by molar-refractivity contribution is 6.21. The smallest absolute Gasteiger partial charge is 0.263 e. The molecule has 5 nitrogen and oxygen atoms in total. The molecule has 2 aliphatic rings. The summed E-state index contributed by atoms with van der Waals surface area (Å²) in [5.41, 5.74) is -0.222. The third-order valence-electron chi connectivity index (χ3n) is 4.29. The molecule has 0 saturated heterocycles. The number of rotatable bonds is 2. The van der Waals surface area contributed by atoms with Crippen LogP contribution in [0.3, 0.4) is 0 Å². The largest absolute Gasteiger partial charge is 0.388 e. The molecule has 5 heteroatoms. The summed E-state index contributed by atoms with van der Waals surface area (Å²) < 4.78 is 0. The molecule has 1 aliphatic heterocycles. The lowest BCUT2D eigenvalue weighted by atomic mass is 9.78. The van der Waals surface area contributed by atoms with E-state index >= 15 is 0 Å². The van der Waals surface area contributed by atoms with Crippen LogP contribution in [0.25, 0.3) is 0 Å². The van der Waals surface area contributed by atoms with Gasteiger partial charge in [-0.25, -0.2) is 0 Å². The third kappa shape index (κ3) is 2.12. The van der Waals surface area contributed by atoms with Crippen molar-refractivity contribution in [2.75, 3.05) is 6.54 Å². The van der Waals surface area contributed by atoms with E-state index in [9.17, 15) is 14.7 Å². The number of aromatic nitrogens is 1. The van der Waals surface area contributed by atoms with E-state index in [-0.39, 0.29) is 18.4 Å². The molecule has 2 unspecified atom stereocenters. The van der Waals surface area contributed by atoms with Crippen molar-refractivity contribution < 1.29 is 14.7 Å². The normalized spacial score (nSPS) is 29.7. The van der Waals surface area contributed by atoms with Gasteiger partial charge in [0.15, 0.2) is 0 Å². The summed E-state index contributed by atoms with van der Waals surface area (Å²) in [6.07, 6.45) is 6.23. The van der Waals surface area contributed by atoms with Gasteiger partial charge in [-0.1, -0.05) is 19.8 Å². The van der Waals surface area contributed by atoms with Crippen molar-refractivity contribution in [3.63, 3.8) is 0 Å². The van der Waals surface area contributed by atoms with Crippen LogP contribution in [0.4, 0.5) is 0 Å². The van der Waals surface area contributed by atoms with Crippen molar-refractivity contribution in [3.8, 4) is 0 Å². The lowest BCUT2D eigenvalue weighted by Gasteiger charge is -2.37. The first kappa shape index (κ1) is 13.2. The highest BCUT2D eigenvalue weighted by Gasteiger charge is 2.42. The first-order chi connectivity index (χ1) is 9.50. The highest BCUT2D eigenvalue weighted by atomic mass is 16.3. The topological polar surface area (TPSA) is 70.5 Å². The van der Waals surface area contributed by atoms with Crippen LogP contribution in [0.2, 0.25) is 0 Å². The number of hydrogen-bond acceptors (Lipinski definition) is 4. The molecule has 0 aromatic carbocycles. The minimum absolute atomic E-state index is 0.0870. The number of carbonyl (C=O) groups excluding carboxylic acids is 2. The van der Waals surface area contributed by atoms with Gasteiger partial charge in [0, 0.05) is 12.4 Å². The minimum atomic E-state index is -0.946. The molecule has 0 spiro atoms. The van der Waals surface area contributed by atoms with Gasteiger partial charge in [0.25, 0.3) is 11.8 Å². The number of carbonyl (C=O) groups is 2. The molecule has 2 atom stereocenters. The predicted molar refractivity (Wildman–Crippen MR) is 72.2 cm³/mol. The zero-order chi connectivity index (χ0) is 14.3. The van der Waals surface area contributed by atoms with E-state index in [1.807, 2.05) is 0 Å². The SMILES string of the molecule is CC1CCCC(O)(CN2C(=O)c3ccncc3C2=O)C1. The maximum absolute atomic E-state index is 12.3. The number of pyridine rings is 1. The summed E-state index contributed by atoms with van der Waals surface area (Å²) in [7, 11) is 0. The van der Waals surface area contributed by atoms with E-state index in [1.54, 1.807) is 6.07 Å². The summed E-state index contributed by atoms with van der Waals surface area (Å²) in [4.78, 5) is 29.6. The average molecular weight is 274 g/mol. The lowest BCUT2D eigenvalue weighted by Crippen LogP contribution is -2.47. The molecule has 106 valence electrons. The number of aliphatic hydroxyl groups is 1. The van der Waals surface area contributed by atoms with Gasteiger partial charge in [0.1, 0.15) is 0 Å². The Kier molecular flexibility index (Phi) is 3.09. The number of β-amino-alcohol motifs (C(OH)–C–C–N with tert-alkyl or cyclic N) is 1. The molecule has 3 rings (SSSR count). The van der Waals surface area contributed by atoms with Gasteiger partial charge in [0.05, 0.1) is 23.3 Å². The Labute approximate surface area is 117 Å². The molecular formula is C15H18N2O3. The van der Waals surface area contributed by atoms with Gasteiger partial charge in [0.2, 0.25) is 0 Å². The van der Waals surface area contributed by atoms with Gasteiger partial charge in [-0.15, -0.1) is 0 Å². The Morgan fingerprint density at radius 2 is 2.15 bits per heavy atom. The predicted octanol–water partition coefficient (Wildman–Crippen LogP) is 1.62. The molecule has 1 aromatic rings. The van der Waals surface area contributed by atoms with Crippen LogP contribution in [0, 0.1) is 5.92 Å². The van der Waals surface area contributed by atoms with Crippen LogP contribution in [-0.2, 0) is 0 Å². The van der Waals surface area contributed by atoms with Gasteiger partial charge in [-0.2, -0.15) is 0 Å². The van der Waals surface area contributed by atoms with Crippen LogP contribution in [-0.4, -0.2) is 39.0 Å². The number of nitrogens with zero attached hydrogens (tertiary/aromatic N) is 2. The summed E-state index contributed by atoms with van der Waals surface area (Å²) in [6.45, 7) is 2.18. The van der Waals surface area contributed by atoms with E-state index in [0.29, 0.717) is 29.9 Å². The van der Waals surface area contributed by atoms with Gasteiger partial charge in [-0.05, 0) is 24.8 Å². The van der Waals surface area contributed by atoms with E-state index in [2.05, 4.69) is 11.9 Å². The maximum atomic E-state index is 12.3. The van der Waals surface area contributed by atoms with E-state index in [0.717, 1.165) is 12.8 Å². The van der Waals surface area contributed by atoms with Crippen LogP contribution >= 0.6 is 0 Å². The highest BCUT2D eigenvalue weighted by Crippen LogP contribution is 2.34. The Bertz CT molecular complexity index is 537. The standard InChI is InChI=1S/C15H18N2O3/c1-10-3-2-5-15(20,7-10)9-17-13(18)11-4-6-16-8-12(11)14(17)19/h4,6,8,10,20H,2-3,5,7,9H2,1H3. The Morgan fingerprint density at radius 3 is 2.85 bits per heavy atom. The van der Waals surface area contributed by atoms with Crippen molar-refractivity contribution in [3.05, 3.63) is 29.6 Å². The van der Waals surface area contributed by atoms with Crippen LogP contribution < -0.4 is 0 Å². The Hall–Kier alpha value is -1.75. The summed E-state index contributed by atoms with van der Waals surface area (Å²) in [5, 5.41) is 10.7. The zero-order valence-electron chi connectivity index (χ0n) is 11.5. The van der Waals surface area contributed by atoms with E-state index in [4.69, 9.17) is 0 Å². The fourth-order valence-electron chi connectivity index (χ4n) is 3.35. The summed E-state index contributed by atoms with van der Waals surface area (Å²) in [6, 6.07) is 1.56. The van der Waals surface area contributed by atoms with E-state index < -0.39 is 5.60 Å². The molecular weight excluding hydrogens is 256 g/mol. The summed E-state index contributed by atoms with van der Waals surface area (Å²) >= 11 is 0. The average Bonchev–Trinajstić information content (AvgIpc) is 2.64. The summed E-state index contributed by atoms with van der Waals surface area (Å²) in [5.74, 6) is -0.241. The number of hydrogen-bond donors (Lipinski definition) is 1. The molecule has 1 aromatic heterocycles. The van der Waals surface area contributed by atoms with Crippen molar-refractivity contribution in [2.45, 2.75) is 38.2 Å². The molecule has 1 saturated carbocycles. The molecule has 0 bridgehead atoms. The third-order valence-corrected chi connectivity index (χ3v) is 4.29. The number of fused-ring (bicyclic) bond motifs is 1. The van der Waals surface area contributed by atoms with Crippen LogP contribution in [0.15, 0.2) is 18.5 Å². The van der Waals surface area contributed by atoms with Crippen molar-refractivity contribution in [2.24, 2.45) is 5.92 Å². The zero-order valence-corrected chi connectivity index (χ0v) is 11.5. The molecule has 2 amide bonds. The van der Waals surface area contributed by atoms with Crippen LogP contribution in [0.5, 0.6) is 0 Å². The van der Waals surface area contributed by atoms with Gasteiger partial charge < -0.3 is 5.11 Å². The molecule has 0 radical (unpaired) electrons. The molecule has 2 heterocycles. The Morgan fingerprint density at radius 1 is 1.40 bits per heavy atom. The van der Waals surface area contributed by atoms with Crippen molar-refractivity contribution >= 4 is 11.8 Å². The van der Waals surface area contributed by atoms with Crippen molar-refractivity contribution in [1.82, 2.24) is 9.88 Å². The van der Waals surface area contributed by atoms with Gasteiger partial charge >= 0.3 is 0 Å². The van der Waals surface area contributed by atoms with Gasteiger partial charge in [-0.3, -0.25) is 19.5 Å². The van der Waals surface area contributed by atoms with E-state index in [1.165, 1.54) is 17.3 Å².